The number of carbonyl (C=O) groups is 1. The molecule has 6 atom stereocenters. The van der Waals surface area contributed by atoms with E-state index in [2.05, 4.69) is 25.2 Å². The molecule has 1 amide bonds. The zero-order valence-corrected chi connectivity index (χ0v) is 17.5. The molecular formula is C25H33NO2. The van der Waals surface area contributed by atoms with E-state index in [-0.39, 0.29) is 17.4 Å². The van der Waals surface area contributed by atoms with Crippen LogP contribution in [0.4, 0.5) is 0 Å². The molecule has 0 aromatic heterocycles. The van der Waals surface area contributed by atoms with Gasteiger partial charge in [-0.3, -0.25) is 4.79 Å². The monoisotopic (exact) mass is 379 g/mol. The van der Waals surface area contributed by atoms with Crippen LogP contribution in [0.2, 0.25) is 0 Å². The summed E-state index contributed by atoms with van der Waals surface area (Å²) < 4.78 is 6.10. The first-order chi connectivity index (χ1) is 13.4. The van der Waals surface area contributed by atoms with Crippen LogP contribution in [0.1, 0.15) is 64.4 Å². The topological polar surface area (TPSA) is 38.3 Å². The summed E-state index contributed by atoms with van der Waals surface area (Å²) in [6.45, 7) is 6.97. The second-order valence-corrected chi connectivity index (χ2v) is 10.4. The first kappa shape index (κ1) is 18.3. The summed E-state index contributed by atoms with van der Waals surface area (Å²) in [4.78, 5) is 12.8. The molecule has 0 spiro atoms. The molecule has 3 fully saturated rings. The second kappa shape index (κ2) is 6.37. The van der Waals surface area contributed by atoms with E-state index < -0.39 is 0 Å². The van der Waals surface area contributed by atoms with E-state index in [4.69, 9.17) is 4.74 Å². The van der Waals surface area contributed by atoms with Crippen LogP contribution in [0.5, 0.6) is 5.75 Å². The first-order valence-electron chi connectivity index (χ1n) is 11.2. The van der Waals surface area contributed by atoms with Crippen LogP contribution in [0.25, 0.3) is 0 Å². The van der Waals surface area contributed by atoms with Crippen molar-refractivity contribution in [2.45, 2.75) is 71.8 Å². The highest BCUT2D eigenvalue weighted by Crippen LogP contribution is 2.63. The quantitative estimate of drug-likeness (QED) is 0.748. The number of carbonyl (C=O) groups excluding carboxylic acids is 1. The van der Waals surface area contributed by atoms with E-state index in [0.29, 0.717) is 17.1 Å². The highest BCUT2D eigenvalue weighted by Gasteiger charge is 2.58. The number of fused-ring (bicyclic) bond motifs is 5. The Bertz CT molecular complexity index is 830. The fourth-order valence-electron chi connectivity index (χ4n) is 7.28. The Kier molecular flexibility index (Phi) is 4.16. The van der Waals surface area contributed by atoms with Crippen molar-refractivity contribution in [1.29, 1.82) is 0 Å². The van der Waals surface area contributed by atoms with Gasteiger partial charge in [0.2, 0.25) is 0 Å². The molecule has 5 rings (SSSR count). The summed E-state index contributed by atoms with van der Waals surface area (Å²) in [5.41, 5.74) is 1.70. The maximum absolute atomic E-state index is 12.8. The van der Waals surface area contributed by atoms with Crippen molar-refractivity contribution in [3.8, 4) is 5.75 Å². The fraction of sp³-hybridized carbons (Fsp3) is 0.640. The summed E-state index contributed by atoms with van der Waals surface area (Å²) in [6, 6.07) is 8.21. The van der Waals surface area contributed by atoms with E-state index in [1.54, 1.807) is 0 Å². The Morgan fingerprint density at radius 2 is 1.93 bits per heavy atom. The van der Waals surface area contributed by atoms with Crippen LogP contribution in [0.15, 0.2) is 36.1 Å². The predicted octanol–water partition coefficient (Wildman–Crippen LogP) is 5.39. The highest BCUT2D eigenvalue weighted by molar-refractivity contribution is 5.93. The van der Waals surface area contributed by atoms with Gasteiger partial charge in [0.25, 0.3) is 5.91 Å². The van der Waals surface area contributed by atoms with Gasteiger partial charge in [-0.25, -0.2) is 0 Å². The minimum atomic E-state index is -0.0519. The van der Waals surface area contributed by atoms with E-state index in [9.17, 15) is 4.79 Å². The van der Waals surface area contributed by atoms with Crippen molar-refractivity contribution in [3.63, 3.8) is 0 Å². The molecule has 0 bridgehead atoms. The maximum Gasteiger partial charge on any atom is 0.286 e. The van der Waals surface area contributed by atoms with Crippen molar-refractivity contribution in [1.82, 2.24) is 5.32 Å². The maximum atomic E-state index is 12.8. The molecule has 1 unspecified atom stereocenters. The molecule has 150 valence electrons. The zero-order valence-electron chi connectivity index (χ0n) is 17.5. The number of aryl methyl sites for hydroxylation is 1. The smallest absolute Gasteiger partial charge is 0.286 e. The minimum Gasteiger partial charge on any atom is -0.452 e. The van der Waals surface area contributed by atoms with Gasteiger partial charge >= 0.3 is 0 Å². The molecule has 3 saturated carbocycles. The average Bonchev–Trinajstić information content (AvgIpc) is 3.05. The van der Waals surface area contributed by atoms with Crippen molar-refractivity contribution in [3.05, 3.63) is 41.7 Å². The van der Waals surface area contributed by atoms with E-state index >= 15 is 0 Å². The number of amides is 1. The number of rotatable bonds is 2. The summed E-state index contributed by atoms with van der Waals surface area (Å²) >= 11 is 0. The summed E-state index contributed by atoms with van der Waals surface area (Å²) in [5, 5.41) is 3.31. The Hall–Kier alpha value is -1.77. The number of hydrogen-bond acceptors (Lipinski definition) is 2. The standard InChI is InChI=1S/C25H33NO2/c1-16-6-4-7-17(14-16)28-21-15-25(3)20-11-13-24(2)12-5-8-19(24)18(20)9-10-22(25)26-23(21)27/h4,6-7,14-15,18-20,22H,5,8-13H2,1-3H3,(H,26,27)/t18-,19-,20+,22?,24-,25+/m0/s1. The average molecular weight is 380 g/mol. The summed E-state index contributed by atoms with van der Waals surface area (Å²) in [5.74, 6) is 3.51. The van der Waals surface area contributed by atoms with E-state index in [0.717, 1.165) is 29.6 Å². The van der Waals surface area contributed by atoms with Gasteiger partial charge in [-0.05, 0) is 92.4 Å². The Balaban J connectivity index is 1.47. The van der Waals surface area contributed by atoms with Crippen LogP contribution in [0.3, 0.4) is 0 Å². The third-order valence-electron chi connectivity index (χ3n) is 8.75. The molecule has 0 radical (unpaired) electrons. The largest absolute Gasteiger partial charge is 0.452 e. The van der Waals surface area contributed by atoms with Gasteiger partial charge in [0, 0.05) is 11.5 Å². The Labute approximate surface area is 168 Å². The molecule has 3 heteroatoms. The van der Waals surface area contributed by atoms with Crippen molar-refractivity contribution in [2.75, 3.05) is 0 Å². The third-order valence-corrected chi connectivity index (χ3v) is 8.75. The van der Waals surface area contributed by atoms with Crippen LogP contribution >= 0.6 is 0 Å². The molecule has 1 aromatic rings. The van der Waals surface area contributed by atoms with Crippen LogP contribution in [-0.4, -0.2) is 11.9 Å². The Morgan fingerprint density at radius 1 is 1.07 bits per heavy atom. The van der Waals surface area contributed by atoms with E-state index in [1.165, 1.54) is 38.5 Å². The van der Waals surface area contributed by atoms with Crippen LogP contribution in [0, 0.1) is 35.5 Å². The van der Waals surface area contributed by atoms with Gasteiger partial charge in [0.05, 0.1) is 0 Å². The lowest BCUT2D eigenvalue weighted by molar-refractivity contribution is -0.125. The van der Waals surface area contributed by atoms with Crippen molar-refractivity contribution >= 4 is 5.91 Å². The molecule has 28 heavy (non-hydrogen) atoms. The van der Waals surface area contributed by atoms with Gasteiger partial charge in [-0.2, -0.15) is 0 Å². The van der Waals surface area contributed by atoms with Crippen LogP contribution in [-0.2, 0) is 4.79 Å². The van der Waals surface area contributed by atoms with Gasteiger partial charge in [-0.1, -0.05) is 32.4 Å². The SMILES string of the molecule is Cc1cccc(OC2=C[C@@]3(C)C(CC[C@@H]4[C@H]3CC[C@]3(C)CCC[C@@H]43)NC2=O)c1. The normalized spacial score (nSPS) is 42.0. The summed E-state index contributed by atoms with van der Waals surface area (Å²) in [6.07, 6.45) is 11.4. The van der Waals surface area contributed by atoms with Crippen molar-refractivity contribution < 1.29 is 9.53 Å². The molecular weight excluding hydrogens is 346 g/mol. The number of hydrogen-bond donors (Lipinski definition) is 1. The van der Waals surface area contributed by atoms with E-state index in [1.807, 2.05) is 31.2 Å². The minimum absolute atomic E-state index is 0.0000942. The molecule has 0 saturated heterocycles. The predicted molar refractivity (Wildman–Crippen MR) is 111 cm³/mol. The molecule has 1 aliphatic heterocycles. The summed E-state index contributed by atoms with van der Waals surface area (Å²) in [7, 11) is 0. The zero-order chi connectivity index (χ0) is 19.5. The van der Waals surface area contributed by atoms with Gasteiger partial charge in [0.15, 0.2) is 5.76 Å². The molecule has 4 aliphatic rings. The third kappa shape index (κ3) is 2.73. The highest BCUT2D eigenvalue weighted by atomic mass is 16.5. The van der Waals surface area contributed by atoms with Crippen LogP contribution < -0.4 is 10.1 Å². The lowest BCUT2D eigenvalue weighted by Gasteiger charge is -2.58. The van der Waals surface area contributed by atoms with Crippen molar-refractivity contribution in [2.24, 2.45) is 28.6 Å². The Morgan fingerprint density at radius 3 is 2.75 bits per heavy atom. The van der Waals surface area contributed by atoms with Gasteiger partial charge < -0.3 is 10.1 Å². The lowest BCUT2D eigenvalue weighted by atomic mass is 9.48. The lowest BCUT2D eigenvalue weighted by Crippen LogP contribution is -2.60. The molecule has 3 aliphatic carbocycles. The number of nitrogens with one attached hydrogen (secondary N) is 1. The molecule has 3 nitrogen and oxygen atoms in total. The first-order valence-corrected chi connectivity index (χ1v) is 11.2. The van der Waals surface area contributed by atoms with Gasteiger partial charge in [-0.15, -0.1) is 0 Å². The number of benzene rings is 1. The number of ether oxygens (including phenoxy) is 1. The molecule has 1 aromatic carbocycles. The molecule has 1 heterocycles. The fourth-order valence-corrected chi connectivity index (χ4v) is 7.28. The molecule has 1 N–H and O–H groups in total. The second-order valence-electron chi connectivity index (χ2n) is 10.4. The van der Waals surface area contributed by atoms with Gasteiger partial charge in [0.1, 0.15) is 5.75 Å².